The second-order valence-corrected chi connectivity index (χ2v) is 4.01. The molecule has 0 aromatic heterocycles. The van der Waals surface area contributed by atoms with Gasteiger partial charge in [0.2, 0.25) is 0 Å². The third-order valence-corrected chi connectivity index (χ3v) is 2.96. The molecule has 0 radical (unpaired) electrons. The van der Waals surface area contributed by atoms with Gasteiger partial charge in [0.15, 0.2) is 0 Å². The van der Waals surface area contributed by atoms with E-state index in [1.54, 1.807) is 0 Å². The van der Waals surface area contributed by atoms with Crippen LogP contribution >= 0.6 is 0 Å². The average molecular weight is 156 g/mol. The first-order chi connectivity index (χ1) is 5.17. The van der Waals surface area contributed by atoms with Crippen molar-refractivity contribution in [1.82, 2.24) is 10.6 Å². The van der Waals surface area contributed by atoms with Gasteiger partial charge in [-0.15, -0.1) is 0 Å². The van der Waals surface area contributed by atoms with Crippen LogP contribution < -0.4 is 10.6 Å². The molecule has 0 aliphatic carbocycles. The summed E-state index contributed by atoms with van der Waals surface area (Å²) in [6, 6.07) is 0. The number of piperidine rings is 1. The van der Waals surface area contributed by atoms with E-state index in [1.165, 1.54) is 25.9 Å². The fourth-order valence-electron chi connectivity index (χ4n) is 1.67. The van der Waals surface area contributed by atoms with Crippen molar-refractivity contribution in [2.45, 2.75) is 32.2 Å². The normalized spacial score (nSPS) is 27.0. The van der Waals surface area contributed by atoms with Gasteiger partial charge in [-0.1, -0.05) is 0 Å². The smallest absolute Gasteiger partial charge is 0.0162 e. The molecule has 1 atom stereocenters. The highest BCUT2D eigenvalue weighted by Crippen LogP contribution is 2.22. The second kappa shape index (κ2) is 3.55. The molecule has 66 valence electrons. The zero-order valence-corrected chi connectivity index (χ0v) is 7.91. The molecule has 1 heterocycles. The number of rotatable bonds is 2. The molecule has 2 nitrogen and oxygen atoms in total. The van der Waals surface area contributed by atoms with E-state index in [4.69, 9.17) is 0 Å². The van der Waals surface area contributed by atoms with Crippen LogP contribution in [0, 0.1) is 5.92 Å². The summed E-state index contributed by atoms with van der Waals surface area (Å²) in [7, 11) is 2.05. The minimum Gasteiger partial charge on any atom is -0.316 e. The molecule has 1 aliphatic heterocycles. The maximum Gasteiger partial charge on any atom is 0.0162 e. The molecule has 1 fully saturated rings. The lowest BCUT2D eigenvalue weighted by molar-refractivity contribution is 0.219. The summed E-state index contributed by atoms with van der Waals surface area (Å²) in [5.74, 6) is 0.793. The maximum atomic E-state index is 3.44. The van der Waals surface area contributed by atoms with Gasteiger partial charge >= 0.3 is 0 Å². The molecule has 0 amide bonds. The van der Waals surface area contributed by atoms with Crippen LogP contribution in [0.25, 0.3) is 0 Å². The Labute approximate surface area is 69.8 Å². The third kappa shape index (κ3) is 2.17. The van der Waals surface area contributed by atoms with Crippen LogP contribution in [-0.4, -0.2) is 25.7 Å². The largest absolute Gasteiger partial charge is 0.316 e. The van der Waals surface area contributed by atoms with Crippen molar-refractivity contribution in [3.05, 3.63) is 0 Å². The lowest BCUT2D eigenvalue weighted by Gasteiger charge is -2.37. The minimum absolute atomic E-state index is 0.299. The molecule has 0 saturated carbocycles. The molecule has 1 unspecified atom stereocenters. The first-order valence-electron chi connectivity index (χ1n) is 4.56. The van der Waals surface area contributed by atoms with Crippen molar-refractivity contribution >= 4 is 0 Å². The number of hydrogen-bond acceptors (Lipinski definition) is 2. The van der Waals surface area contributed by atoms with E-state index >= 15 is 0 Å². The van der Waals surface area contributed by atoms with Crippen LogP contribution in [0.1, 0.15) is 26.7 Å². The van der Waals surface area contributed by atoms with Crippen LogP contribution in [0.15, 0.2) is 0 Å². The van der Waals surface area contributed by atoms with E-state index < -0.39 is 0 Å². The summed E-state index contributed by atoms with van der Waals surface area (Å²) < 4.78 is 0. The van der Waals surface area contributed by atoms with E-state index in [1.807, 2.05) is 0 Å². The summed E-state index contributed by atoms with van der Waals surface area (Å²) in [6.07, 6.45) is 2.69. The molecular weight excluding hydrogens is 136 g/mol. The van der Waals surface area contributed by atoms with Gasteiger partial charge in [0, 0.05) is 5.54 Å². The Morgan fingerprint density at radius 1 is 1.45 bits per heavy atom. The highest BCUT2D eigenvalue weighted by Gasteiger charge is 2.28. The van der Waals surface area contributed by atoms with Crippen LogP contribution in [0.3, 0.4) is 0 Å². The van der Waals surface area contributed by atoms with Gasteiger partial charge in [0.1, 0.15) is 0 Å². The molecular formula is C9H20N2. The molecule has 0 aromatic rings. The Bertz CT molecular complexity index is 115. The minimum atomic E-state index is 0.299. The van der Waals surface area contributed by atoms with E-state index in [0.29, 0.717) is 5.54 Å². The summed E-state index contributed by atoms with van der Waals surface area (Å²) in [6.45, 7) is 6.94. The lowest BCUT2D eigenvalue weighted by atomic mass is 9.82. The molecule has 11 heavy (non-hydrogen) atoms. The molecule has 1 aliphatic rings. The molecule has 2 heteroatoms. The van der Waals surface area contributed by atoms with Crippen molar-refractivity contribution in [1.29, 1.82) is 0 Å². The average Bonchev–Trinajstić information content (AvgIpc) is 2.06. The van der Waals surface area contributed by atoms with Gasteiger partial charge in [-0.05, 0) is 52.7 Å². The van der Waals surface area contributed by atoms with Crippen LogP contribution in [-0.2, 0) is 0 Å². The summed E-state index contributed by atoms with van der Waals surface area (Å²) in [5, 5.41) is 6.81. The molecule has 1 saturated heterocycles. The van der Waals surface area contributed by atoms with Crippen molar-refractivity contribution in [3.8, 4) is 0 Å². The highest BCUT2D eigenvalue weighted by molar-refractivity contribution is 4.87. The van der Waals surface area contributed by atoms with Crippen molar-refractivity contribution in [3.63, 3.8) is 0 Å². The van der Waals surface area contributed by atoms with E-state index in [9.17, 15) is 0 Å². The Kier molecular flexibility index (Phi) is 2.90. The van der Waals surface area contributed by atoms with Crippen molar-refractivity contribution < 1.29 is 0 Å². The van der Waals surface area contributed by atoms with Gasteiger partial charge in [-0.25, -0.2) is 0 Å². The standard InChI is InChI=1S/C9H20N2/c1-9(2,10-3)8-5-4-6-11-7-8/h8,10-11H,4-7H2,1-3H3. The predicted molar refractivity (Wildman–Crippen MR) is 48.7 cm³/mol. The summed E-state index contributed by atoms with van der Waals surface area (Å²) in [4.78, 5) is 0. The molecule has 1 rings (SSSR count). The Balaban J connectivity index is 2.43. The van der Waals surface area contributed by atoms with E-state index in [2.05, 4.69) is 31.5 Å². The van der Waals surface area contributed by atoms with Crippen molar-refractivity contribution in [2.24, 2.45) is 5.92 Å². The maximum absolute atomic E-state index is 3.44. The van der Waals surface area contributed by atoms with Crippen LogP contribution in [0.4, 0.5) is 0 Å². The highest BCUT2D eigenvalue weighted by atomic mass is 15.0. The van der Waals surface area contributed by atoms with Crippen LogP contribution in [0.5, 0.6) is 0 Å². The van der Waals surface area contributed by atoms with Gasteiger partial charge in [-0.3, -0.25) is 0 Å². The third-order valence-electron chi connectivity index (χ3n) is 2.96. The summed E-state index contributed by atoms with van der Waals surface area (Å²) >= 11 is 0. The lowest BCUT2D eigenvalue weighted by Crippen LogP contribution is -2.49. The SMILES string of the molecule is CNC(C)(C)C1CCCNC1. The Morgan fingerprint density at radius 3 is 2.64 bits per heavy atom. The van der Waals surface area contributed by atoms with E-state index in [0.717, 1.165) is 5.92 Å². The fourth-order valence-corrected chi connectivity index (χ4v) is 1.67. The second-order valence-electron chi connectivity index (χ2n) is 4.01. The predicted octanol–water partition coefficient (Wildman–Crippen LogP) is 0.984. The number of nitrogens with one attached hydrogen (secondary N) is 2. The first-order valence-corrected chi connectivity index (χ1v) is 4.56. The van der Waals surface area contributed by atoms with Gasteiger partial charge in [0.25, 0.3) is 0 Å². The molecule has 0 spiro atoms. The van der Waals surface area contributed by atoms with Crippen molar-refractivity contribution in [2.75, 3.05) is 20.1 Å². The molecule has 0 aromatic carbocycles. The first kappa shape index (κ1) is 9.01. The Hall–Kier alpha value is -0.0800. The topological polar surface area (TPSA) is 24.1 Å². The zero-order chi connectivity index (χ0) is 8.32. The fraction of sp³-hybridized carbons (Fsp3) is 1.00. The molecule has 2 N–H and O–H groups in total. The van der Waals surface area contributed by atoms with Gasteiger partial charge in [-0.2, -0.15) is 0 Å². The Morgan fingerprint density at radius 2 is 2.18 bits per heavy atom. The summed E-state index contributed by atoms with van der Waals surface area (Å²) in [5.41, 5.74) is 0.299. The number of hydrogen-bond donors (Lipinski definition) is 2. The monoisotopic (exact) mass is 156 g/mol. The van der Waals surface area contributed by atoms with E-state index in [-0.39, 0.29) is 0 Å². The van der Waals surface area contributed by atoms with Gasteiger partial charge < -0.3 is 10.6 Å². The van der Waals surface area contributed by atoms with Gasteiger partial charge in [0.05, 0.1) is 0 Å². The van der Waals surface area contributed by atoms with Crippen LogP contribution in [0.2, 0.25) is 0 Å². The molecule has 0 bridgehead atoms. The quantitative estimate of drug-likeness (QED) is 0.623. The zero-order valence-electron chi connectivity index (χ0n) is 7.91.